The van der Waals surface area contributed by atoms with Crippen molar-refractivity contribution in [3.8, 4) is 17.2 Å². The maximum Gasteiger partial charge on any atom is 0.303 e. The molecule has 1 fully saturated rings. The molecule has 0 saturated carbocycles. The smallest absolute Gasteiger partial charge is 0.303 e. The van der Waals surface area contributed by atoms with Crippen LogP contribution in [0.2, 0.25) is 5.02 Å². The number of carboxylic acids is 1. The van der Waals surface area contributed by atoms with Gasteiger partial charge in [0.2, 0.25) is 5.91 Å². The fraction of sp³-hybridized carbons (Fsp3) is 0.344. The van der Waals surface area contributed by atoms with E-state index in [9.17, 15) is 23.1 Å². The molecular formula is C32H34ClN3O9S. The van der Waals surface area contributed by atoms with Crippen molar-refractivity contribution >= 4 is 45.1 Å². The summed E-state index contributed by atoms with van der Waals surface area (Å²) in [5, 5.41) is 9.92. The van der Waals surface area contributed by atoms with E-state index in [1.54, 1.807) is 43.3 Å². The first kappa shape index (κ1) is 33.0. The van der Waals surface area contributed by atoms with Crippen LogP contribution in [-0.2, 0) is 29.9 Å². The summed E-state index contributed by atoms with van der Waals surface area (Å²) < 4.78 is 46.4. The zero-order chi connectivity index (χ0) is 33.6. The number of carbonyl (C=O) groups is 3. The molecule has 2 aliphatic rings. The predicted molar refractivity (Wildman–Crippen MR) is 169 cm³/mol. The van der Waals surface area contributed by atoms with Gasteiger partial charge in [-0.05, 0) is 48.7 Å². The SMILES string of the molecule is COc1ccc(S(=O)(=O)N2C(=O)[C@@](c3ccccc3OC)(N3C[C@@H](CC(=O)O)C[C@H]3C(=O)N(C)C)c3cc(Cl)ccc32)c(OC)c1. The molecule has 14 heteroatoms. The molecule has 0 spiro atoms. The number of sulfonamides is 1. The molecule has 3 atom stereocenters. The molecule has 2 amide bonds. The third-order valence-electron chi connectivity index (χ3n) is 8.45. The van der Waals surface area contributed by atoms with Crippen molar-refractivity contribution < 1.29 is 42.1 Å². The maximum atomic E-state index is 15.4. The van der Waals surface area contributed by atoms with E-state index < -0.39 is 39.4 Å². The highest BCUT2D eigenvalue weighted by Gasteiger charge is 2.64. The van der Waals surface area contributed by atoms with E-state index in [1.807, 2.05) is 0 Å². The van der Waals surface area contributed by atoms with Crippen molar-refractivity contribution in [3.63, 3.8) is 0 Å². The van der Waals surface area contributed by atoms with Gasteiger partial charge < -0.3 is 24.2 Å². The molecule has 2 heterocycles. The number of para-hydroxylation sites is 1. The first-order valence-electron chi connectivity index (χ1n) is 14.3. The molecule has 0 bridgehead atoms. The van der Waals surface area contributed by atoms with E-state index in [1.165, 1.54) is 62.6 Å². The Hall–Kier alpha value is -4.33. The lowest BCUT2D eigenvalue weighted by molar-refractivity contribution is -0.139. The quantitative estimate of drug-likeness (QED) is 0.340. The Balaban J connectivity index is 1.86. The Kier molecular flexibility index (Phi) is 8.95. The number of halogens is 1. The molecule has 3 aromatic carbocycles. The summed E-state index contributed by atoms with van der Waals surface area (Å²) in [5.74, 6) is -2.37. The van der Waals surface area contributed by atoms with Gasteiger partial charge in [-0.1, -0.05) is 29.8 Å². The second-order valence-electron chi connectivity index (χ2n) is 11.3. The molecule has 244 valence electrons. The Labute approximate surface area is 272 Å². The molecule has 1 saturated heterocycles. The molecule has 0 unspecified atom stereocenters. The molecular weight excluding hydrogens is 638 g/mol. The highest BCUT2D eigenvalue weighted by Crippen LogP contribution is 2.55. The lowest BCUT2D eigenvalue weighted by atomic mass is 9.80. The van der Waals surface area contributed by atoms with Gasteiger partial charge in [0.15, 0.2) is 5.54 Å². The van der Waals surface area contributed by atoms with E-state index in [0.29, 0.717) is 10.1 Å². The molecule has 0 aromatic heterocycles. The van der Waals surface area contributed by atoms with Gasteiger partial charge in [0.25, 0.3) is 15.9 Å². The molecule has 5 rings (SSSR count). The zero-order valence-electron chi connectivity index (χ0n) is 25.9. The summed E-state index contributed by atoms with van der Waals surface area (Å²) in [6.07, 6.45) is -0.153. The predicted octanol–water partition coefficient (Wildman–Crippen LogP) is 3.60. The summed E-state index contributed by atoms with van der Waals surface area (Å²) in [7, 11) is 2.58. The lowest BCUT2D eigenvalue weighted by Gasteiger charge is -2.42. The first-order valence-corrected chi connectivity index (χ1v) is 16.1. The maximum absolute atomic E-state index is 15.4. The minimum Gasteiger partial charge on any atom is -0.497 e. The molecule has 3 aromatic rings. The molecule has 12 nitrogen and oxygen atoms in total. The number of likely N-dealkylation sites (tertiary alicyclic amines) is 1. The Morgan fingerprint density at radius 1 is 0.978 bits per heavy atom. The van der Waals surface area contributed by atoms with Crippen LogP contribution in [0.3, 0.4) is 0 Å². The van der Waals surface area contributed by atoms with E-state index in [2.05, 4.69) is 0 Å². The standard InChI is InChI=1S/C32H34ClN3O9S/c1-34(2)30(39)25-14-19(15-29(37)38)18-35(25)32(22-8-6-7-9-26(22)44-4)23-16-20(33)10-12-24(23)36(31(32)40)46(41,42)28-13-11-21(43-3)17-27(28)45-5/h6-13,16-17,19,25H,14-15,18H2,1-5H3,(H,37,38)/t19-,25+,32+/m1/s1. The van der Waals surface area contributed by atoms with Crippen LogP contribution < -0.4 is 18.5 Å². The van der Waals surface area contributed by atoms with Gasteiger partial charge in [-0.25, -0.2) is 12.7 Å². The minimum absolute atomic E-state index is 0.0101. The molecule has 2 aliphatic heterocycles. The molecule has 46 heavy (non-hydrogen) atoms. The number of anilines is 1. The van der Waals surface area contributed by atoms with Gasteiger partial charge in [0.1, 0.15) is 22.1 Å². The third kappa shape index (κ3) is 5.21. The van der Waals surface area contributed by atoms with Gasteiger partial charge in [-0.2, -0.15) is 0 Å². The number of fused-ring (bicyclic) bond motifs is 1. The molecule has 0 radical (unpaired) electrons. The molecule has 0 aliphatic carbocycles. The van der Waals surface area contributed by atoms with Crippen LogP contribution in [-0.4, -0.2) is 89.1 Å². The number of likely N-dealkylation sites (N-methyl/N-ethyl adjacent to an activating group) is 1. The molecule has 1 N–H and O–H groups in total. The average molecular weight is 672 g/mol. The van der Waals surface area contributed by atoms with Crippen LogP contribution in [0.15, 0.2) is 65.6 Å². The van der Waals surface area contributed by atoms with Crippen LogP contribution in [0.5, 0.6) is 17.2 Å². The van der Waals surface area contributed by atoms with Crippen molar-refractivity contribution in [1.29, 1.82) is 0 Å². The van der Waals surface area contributed by atoms with Crippen LogP contribution in [0, 0.1) is 5.92 Å². The number of ether oxygens (including phenoxy) is 3. The Morgan fingerprint density at radius 3 is 2.30 bits per heavy atom. The number of hydrogen-bond donors (Lipinski definition) is 1. The summed E-state index contributed by atoms with van der Waals surface area (Å²) in [5.41, 5.74) is -1.52. The normalized spacial score (nSPS) is 21.2. The van der Waals surface area contributed by atoms with Crippen LogP contribution in [0.25, 0.3) is 0 Å². The first-order chi connectivity index (χ1) is 21.8. The number of carboxylic acid groups (broad SMARTS) is 1. The number of rotatable bonds is 10. The number of nitrogens with zero attached hydrogens (tertiary/aromatic N) is 3. The number of aliphatic carboxylic acids is 1. The van der Waals surface area contributed by atoms with Crippen molar-refractivity contribution in [2.75, 3.05) is 46.3 Å². The largest absolute Gasteiger partial charge is 0.497 e. The van der Waals surface area contributed by atoms with Gasteiger partial charge in [0, 0.05) is 49.3 Å². The fourth-order valence-electron chi connectivity index (χ4n) is 6.53. The van der Waals surface area contributed by atoms with Gasteiger partial charge in [-0.15, -0.1) is 0 Å². The third-order valence-corrected chi connectivity index (χ3v) is 10.4. The number of hydrogen-bond acceptors (Lipinski definition) is 9. The Bertz CT molecular complexity index is 1820. The second kappa shape index (κ2) is 12.5. The summed E-state index contributed by atoms with van der Waals surface area (Å²) >= 11 is 6.56. The summed E-state index contributed by atoms with van der Waals surface area (Å²) in [6.45, 7) is -0.0218. The monoisotopic (exact) mass is 671 g/mol. The van der Waals surface area contributed by atoms with Crippen LogP contribution >= 0.6 is 11.6 Å². The van der Waals surface area contributed by atoms with E-state index >= 15 is 4.79 Å². The van der Waals surface area contributed by atoms with E-state index in [0.717, 1.165) is 0 Å². The van der Waals surface area contributed by atoms with Gasteiger partial charge in [-0.3, -0.25) is 19.3 Å². The minimum atomic E-state index is -4.69. The number of carbonyl (C=O) groups excluding carboxylic acids is 2. The Morgan fingerprint density at radius 2 is 1.67 bits per heavy atom. The van der Waals surface area contributed by atoms with E-state index in [4.69, 9.17) is 25.8 Å². The summed E-state index contributed by atoms with van der Waals surface area (Å²) in [4.78, 5) is 43.7. The van der Waals surface area contributed by atoms with Crippen LogP contribution in [0.4, 0.5) is 5.69 Å². The number of amides is 2. The van der Waals surface area contributed by atoms with Gasteiger partial charge in [0.05, 0.1) is 33.1 Å². The average Bonchev–Trinajstić information content (AvgIpc) is 3.55. The van der Waals surface area contributed by atoms with E-state index in [-0.39, 0.29) is 63.5 Å². The fourth-order valence-corrected chi connectivity index (χ4v) is 8.30. The van der Waals surface area contributed by atoms with Crippen LogP contribution in [0.1, 0.15) is 24.0 Å². The zero-order valence-corrected chi connectivity index (χ0v) is 27.5. The highest BCUT2D eigenvalue weighted by atomic mass is 35.5. The topological polar surface area (TPSA) is 143 Å². The number of benzene rings is 3. The van der Waals surface area contributed by atoms with Crippen molar-refractivity contribution in [2.24, 2.45) is 5.92 Å². The van der Waals surface area contributed by atoms with Crippen molar-refractivity contribution in [1.82, 2.24) is 9.80 Å². The van der Waals surface area contributed by atoms with Gasteiger partial charge >= 0.3 is 5.97 Å². The van der Waals surface area contributed by atoms with Crippen molar-refractivity contribution in [2.45, 2.75) is 29.3 Å². The van der Waals surface area contributed by atoms with Crippen molar-refractivity contribution in [3.05, 3.63) is 76.8 Å². The number of methoxy groups -OCH3 is 3. The summed E-state index contributed by atoms with van der Waals surface area (Å²) in [6, 6.07) is 14.2. The second-order valence-corrected chi connectivity index (χ2v) is 13.5. The highest BCUT2D eigenvalue weighted by molar-refractivity contribution is 7.93. The lowest BCUT2D eigenvalue weighted by Crippen LogP contribution is -2.59.